The quantitative estimate of drug-likeness (QED) is 0.412. The average molecular weight is 105 g/mol. The third-order valence-corrected chi connectivity index (χ3v) is 0.555. The number of aliphatic hydroxyl groups is 1. The number of hydrogen-bond donors (Lipinski definition) is 2. The van der Waals surface area contributed by atoms with Crippen molar-refractivity contribution in [1.29, 1.82) is 0 Å². The van der Waals surface area contributed by atoms with E-state index in [-0.39, 0.29) is 12.7 Å². The lowest BCUT2D eigenvalue weighted by atomic mass is 10.3. The van der Waals surface area contributed by atoms with Gasteiger partial charge in [-0.15, -0.1) is 0 Å². The minimum Gasteiger partial charge on any atom is -0.387 e. The highest BCUT2D eigenvalue weighted by molar-refractivity contribution is 4.64. The van der Waals surface area contributed by atoms with E-state index in [2.05, 4.69) is 4.89 Å². The summed E-state index contributed by atoms with van der Waals surface area (Å²) in [5.41, 5.74) is 0. The molecule has 0 fully saturated rings. The van der Waals surface area contributed by atoms with E-state index in [4.69, 9.17) is 10.4 Å². The van der Waals surface area contributed by atoms with Gasteiger partial charge < -0.3 is 5.11 Å². The molecule has 0 amide bonds. The maximum Gasteiger partial charge on any atom is 0.0926 e. The van der Waals surface area contributed by atoms with Crippen LogP contribution in [0.4, 0.5) is 0 Å². The highest BCUT2D eigenvalue weighted by Gasteiger charge is 1.93. The number of rotatable bonds is 3. The van der Waals surface area contributed by atoms with Gasteiger partial charge in [-0.1, -0.05) is 0 Å². The molecule has 0 saturated carbocycles. The lowest BCUT2D eigenvalue weighted by Crippen LogP contribution is -1.95. The van der Waals surface area contributed by atoms with Gasteiger partial charge in [0.15, 0.2) is 0 Å². The number of hydrogen-bond acceptors (Lipinski definition) is 3. The first-order valence-electron chi connectivity index (χ1n) is 2.05. The summed E-state index contributed by atoms with van der Waals surface area (Å²) in [5.74, 6) is 0. The molecule has 0 saturated heterocycles. The van der Waals surface area contributed by atoms with Crippen molar-refractivity contribution in [2.45, 2.75) is 13.3 Å². The van der Waals surface area contributed by atoms with Crippen molar-refractivity contribution in [3.8, 4) is 0 Å². The summed E-state index contributed by atoms with van der Waals surface area (Å²) in [6, 6.07) is 0. The lowest BCUT2D eigenvalue weighted by molar-refractivity contribution is -0.243. The molecule has 43 valence electrons. The fraction of sp³-hybridized carbons (Fsp3) is 0.750. The van der Waals surface area contributed by atoms with Gasteiger partial charge in [0.05, 0.1) is 12.7 Å². The van der Waals surface area contributed by atoms with Crippen molar-refractivity contribution >= 4 is 0 Å². The van der Waals surface area contributed by atoms with E-state index in [1.807, 2.05) is 0 Å². The predicted molar refractivity (Wildman–Crippen MR) is 24.1 cm³/mol. The summed E-state index contributed by atoms with van der Waals surface area (Å²) in [6.45, 7) is 1.72. The van der Waals surface area contributed by atoms with Gasteiger partial charge in [0.1, 0.15) is 0 Å². The van der Waals surface area contributed by atoms with E-state index in [1.54, 1.807) is 6.92 Å². The zero-order valence-electron chi connectivity index (χ0n) is 4.22. The Kier molecular flexibility index (Phi) is 3.98. The third-order valence-electron chi connectivity index (χ3n) is 0.555. The fourth-order valence-electron chi connectivity index (χ4n) is 0.193. The Morgan fingerprint density at radius 1 is 1.71 bits per heavy atom. The second-order valence-corrected chi connectivity index (χ2v) is 1.32. The molecule has 0 atom stereocenters. The zero-order chi connectivity index (χ0) is 5.70. The molecule has 1 radical (unpaired) electrons. The third kappa shape index (κ3) is 5.88. The first-order valence-corrected chi connectivity index (χ1v) is 2.05. The molecule has 7 heavy (non-hydrogen) atoms. The molecule has 0 unspecified atom stereocenters. The van der Waals surface area contributed by atoms with Crippen LogP contribution in [0, 0.1) is 6.10 Å². The molecule has 0 bridgehead atoms. The summed E-state index contributed by atoms with van der Waals surface area (Å²) < 4.78 is 0. The second kappa shape index (κ2) is 4.05. The maximum absolute atomic E-state index is 8.41. The first-order chi connectivity index (χ1) is 3.27. The average Bonchev–Trinajstić information content (AvgIpc) is 1.61. The summed E-state index contributed by atoms with van der Waals surface area (Å²) >= 11 is 0. The Labute approximate surface area is 42.5 Å². The largest absolute Gasteiger partial charge is 0.387 e. The molecule has 0 rings (SSSR count). The Morgan fingerprint density at radius 2 is 2.29 bits per heavy atom. The van der Waals surface area contributed by atoms with Crippen LogP contribution in [-0.2, 0) is 4.89 Å². The molecule has 3 nitrogen and oxygen atoms in total. The topological polar surface area (TPSA) is 49.7 Å². The minimum absolute atomic E-state index is 0.169. The summed E-state index contributed by atoms with van der Waals surface area (Å²) in [4.78, 5) is 3.67. The molecule has 0 aromatic heterocycles. The monoisotopic (exact) mass is 105 g/mol. The molecule has 3 heteroatoms. The van der Waals surface area contributed by atoms with Crippen LogP contribution >= 0.6 is 0 Å². The van der Waals surface area contributed by atoms with Gasteiger partial charge in [0.2, 0.25) is 0 Å². The first kappa shape index (κ1) is 6.88. The van der Waals surface area contributed by atoms with Gasteiger partial charge in [-0.25, -0.2) is 4.89 Å². The Balaban J connectivity index is 2.68. The van der Waals surface area contributed by atoms with Crippen molar-refractivity contribution in [3.05, 3.63) is 6.10 Å². The Bertz CT molecular complexity index is 35.9. The van der Waals surface area contributed by atoms with E-state index < -0.39 is 0 Å². The van der Waals surface area contributed by atoms with Crippen LogP contribution in [0.2, 0.25) is 0 Å². The molecule has 0 spiro atoms. The number of aliphatic hydroxyl groups excluding tert-OH is 1. The van der Waals surface area contributed by atoms with Crippen LogP contribution in [-0.4, -0.2) is 17.0 Å². The fourth-order valence-corrected chi connectivity index (χ4v) is 0.193. The van der Waals surface area contributed by atoms with Crippen LogP contribution in [0.25, 0.3) is 0 Å². The highest BCUT2D eigenvalue weighted by atomic mass is 17.1. The van der Waals surface area contributed by atoms with E-state index in [9.17, 15) is 0 Å². The maximum atomic E-state index is 8.41. The van der Waals surface area contributed by atoms with Crippen molar-refractivity contribution < 1.29 is 15.3 Å². The van der Waals surface area contributed by atoms with Crippen molar-refractivity contribution in [1.82, 2.24) is 0 Å². The van der Waals surface area contributed by atoms with Crippen LogP contribution in [0.15, 0.2) is 0 Å². The van der Waals surface area contributed by atoms with Crippen LogP contribution in [0.5, 0.6) is 0 Å². The molecule has 0 aromatic carbocycles. The zero-order valence-corrected chi connectivity index (χ0v) is 4.22. The standard InChI is InChI=1S/C4H9O3/c1-4(5)2-3-7-6/h5-6H,2-3H2,1H3. The highest BCUT2D eigenvalue weighted by Crippen LogP contribution is 1.95. The molecule has 0 heterocycles. The van der Waals surface area contributed by atoms with Gasteiger partial charge >= 0.3 is 0 Å². The smallest absolute Gasteiger partial charge is 0.0926 e. The van der Waals surface area contributed by atoms with E-state index in [1.165, 1.54) is 0 Å². The van der Waals surface area contributed by atoms with Gasteiger partial charge in [0, 0.05) is 6.42 Å². The Morgan fingerprint density at radius 3 is 2.43 bits per heavy atom. The SMILES string of the molecule is C[C](O)CCOO. The van der Waals surface area contributed by atoms with E-state index in [0.29, 0.717) is 6.42 Å². The van der Waals surface area contributed by atoms with Crippen LogP contribution < -0.4 is 0 Å². The van der Waals surface area contributed by atoms with E-state index >= 15 is 0 Å². The van der Waals surface area contributed by atoms with Crippen molar-refractivity contribution in [2.24, 2.45) is 0 Å². The molecular formula is C4H9O3. The second-order valence-electron chi connectivity index (χ2n) is 1.32. The molecular weight excluding hydrogens is 96.0 g/mol. The van der Waals surface area contributed by atoms with Crippen molar-refractivity contribution in [3.63, 3.8) is 0 Å². The summed E-state index contributed by atoms with van der Waals surface area (Å²) in [7, 11) is 0. The van der Waals surface area contributed by atoms with E-state index in [0.717, 1.165) is 0 Å². The van der Waals surface area contributed by atoms with Gasteiger partial charge in [0.25, 0.3) is 0 Å². The molecule has 0 aliphatic carbocycles. The Hall–Kier alpha value is -0.120. The summed E-state index contributed by atoms with van der Waals surface area (Å²) in [5, 5.41) is 16.1. The van der Waals surface area contributed by atoms with Gasteiger partial charge in [-0.3, -0.25) is 5.26 Å². The molecule has 0 aromatic rings. The van der Waals surface area contributed by atoms with Gasteiger partial charge in [-0.2, -0.15) is 0 Å². The van der Waals surface area contributed by atoms with Crippen molar-refractivity contribution in [2.75, 3.05) is 6.61 Å². The minimum atomic E-state index is 0.169. The predicted octanol–water partition coefficient (Wildman–Crippen LogP) is 0.790. The van der Waals surface area contributed by atoms with Crippen LogP contribution in [0.3, 0.4) is 0 Å². The summed E-state index contributed by atoms with van der Waals surface area (Å²) in [6.07, 6.45) is 0.672. The molecule has 0 aliphatic heterocycles. The normalized spacial score (nSPS) is 10.3. The molecule has 0 aliphatic rings. The van der Waals surface area contributed by atoms with Crippen LogP contribution in [0.1, 0.15) is 13.3 Å². The molecule has 2 N–H and O–H groups in total. The lowest BCUT2D eigenvalue weighted by Gasteiger charge is -1.96. The van der Waals surface area contributed by atoms with Gasteiger partial charge in [-0.05, 0) is 6.92 Å².